The summed E-state index contributed by atoms with van der Waals surface area (Å²) >= 11 is 12.2. The van der Waals surface area contributed by atoms with Gasteiger partial charge in [-0.25, -0.2) is 0 Å². The van der Waals surface area contributed by atoms with Gasteiger partial charge in [0.25, 0.3) is 0 Å². The fourth-order valence-corrected chi connectivity index (χ4v) is 4.13. The van der Waals surface area contributed by atoms with Crippen molar-refractivity contribution in [2.45, 2.75) is 37.9 Å². The number of rotatable bonds is 3. The minimum absolute atomic E-state index is 0.220. The molecule has 2 heterocycles. The summed E-state index contributed by atoms with van der Waals surface area (Å²) in [6.07, 6.45) is 2.63. The molecule has 0 aliphatic carbocycles. The van der Waals surface area contributed by atoms with Crippen LogP contribution in [0.15, 0.2) is 18.2 Å². The number of hydrogen-bond donors (Lipinski definition) is 1. The van der Waals surface area contributed by atoms with E-state index in [1.54, 1.807) is 0 Å². The Kier molecular flexibility index (Phi) is 4.77. The highest BCUT2D eigenvalue weighted by molar-refractivity contribution is 6.42. The third-order valence-electron chi connectivity index (χ3n) is 4.94. The van der Waals surface area contributed by atoms with Crippen LogP contribution in [0, 0.1) is 0 Å². The first-order valence-corrected chi connectivity index (χ1v) is 8.50. The average Bonchev–Trinajstić information content (AvgIpc) is 2.90. The van der Waals surface area contributed by atoms with E-state index in [1.807, 2.05) is 12.1 Å². The predicted molar refractivity (Wildman–Crippen MR) is 89.0 cm³/mol. The molecule has 2 fully saturated rings. The van der Waals surface area contributed by atoms with Crippen molar-refractivity contribution in [1.82, 2.24) is 9.80 Å². The van der Waals surface area contributed by atoms with Gasteiger partial charge < -0.3 is 5.73 Å². The van der Waals surface area contributed by atoms with E-state index in [9.17, 15) is 0 Å². The zero-order valence-corrected chi connectivity index (χ0v) is 13.9. The van der Waals surface area contributed by atoms with Gasteiger partial charge >= 0.3 is 0 Å². The Morgan fingerprint density at radius 2 is 2.10 bits per heavy atom. The van der Waals surface area contributed by atoms with Crippen molar-refractivity contribution in [2.24, 2.45) is 5.73 Å². The number of nitrogens with zero attached hydrogens (tertiary/aromatic N) is 2. The zero-order chi connectivity index (χ0) is 15.0. The van der Waals surface area contributed by atoms with E-state index < -0.39 is 0 Å². The fraction of sp³-hybridized carbons (Fsp3) is 0.625. The molecule has 1 aromatic carbocycles. The van der Waals surface area contributed by atoms with Gasteiger partial charge in [-0.3, -0.25) is 9.80 Å². The molecule has 3 rings (SSSR count). The molecule has 2 saturated heterocycles. The summed E-state index contributed by atoms with van der Waals surface area (Å²) in [5, 5.41) is 1.21. The lowest BCUT2D eigenvalue weighted by atomic mass is 9.99. The van der Waals surface area contributed by atoms with Gasteiger partial charge in [0.1, 0.15) is 0 Å². The van der Waals surface area contributed by atoms with Crippen LogP contribution in [0.1, 0.15) is 31.4 Å². The molecular weight excluding hydrogens is 305 g/mol. The zero-order valence-electron chi connectivity index (χ0n) is 12.4. The molecule has 3 nitrogen and oxygen atoms in total. The summed E-state index contributed by atoms with van der Waals surface area (Å²) in [7, 11) is 0. The van der Waals surface area contributed by atoms with Gasteiger partial charge in [-0.15, -0.1) is 0 Å². The van der Waals surface area contributed by atoms with Crippen LogP contribution in [0.5, 0.6) is 0 Å². The van der Waals surface area contributed by atoms with Crippen LogP contribution < -0.4 is 5.73 Å². The standard InChI is InChI=1S/C16H23Cl2N3/c1-11-9-20-6-2-3-13(20)10-21(11)16(8-19)12-4-5-14(17)15(18)7-12/h4-5,7,11,13,16H,2-3,6,8-10,19H2,1H3. The van der Waals surface area contributed by atoms with Gasteiger partial charge in [-0.1, -0.05) is 29.3 Å². The topological polar surface area (TPSA) is 32.5 Å². The van der Waals surface area contributed by atoms with Crippen molar-refractivity contribution >= 4 is 23.2 Å². The van der Waals surface area contributed by atoms with E-state index in [1.165, 1.54) is 24.9 Å². The highest BCUT2D eigenvalue weighted by Crippen LogP contribution is 2.33. The van der Waals surface area contributed by atoms with Crippen molar-refractivity contribution in [3.05, 3.63) is 33.8 Å². The summed E-state index contributed by atoms with van der Waals surface area (Å²) in [6.45, 7) is 6.40. The Morgan fingerprint density at radius 3 is 2.81 bits per heavy atom. The highest BCUT2D eigenvalue weighted by atomic mass is 35.5. The Labute approximate surface area is 137 Å². The maximum Gasteiger partial charge on any atom is 0.0595 e. The number of benzene rings is 1. The lowest BCUT2D eigenvalue weighted by Crippen LogP contribution is -2.56. The molecule has 21 heavy (non-hydrogen) atoms. The number of piperazine rings is 1. The van der Waals surface area contributed by atoms with Gasteiger partial charge in [-0.05, 0) is 44.0 Å². The van der Waals surface area contributed by atoms with Crippen molar-refractivity contribution in [3.63, 3.8) is 0 Å². The Balaban J connectivity index is 1.83. The van der Waals surface area contributed by atoms with E-state index in [0.717, 1.165) is 13.1 Å². The number of hydrogen-bond acceptors (Lipinski definition) is 3. The molecule has 3 atom stereocenters. The summed E-state index contributed by atoms with van der Waals surface area (Å²) in [4.78, 5) is 5.18. The molecule has 0 spiro atoms. The van der Waals surface area contributed by atoms with Crippen molar-refractivity contribution in [1.29, 1.82) is 0 Å². The third-order valence-corrected chi connectivity index (χ3v) is 5.68. The first kappa shape index (κ1) is 15.6. The van der Waals surface area contributed by atoms with Gasteiger partial charge in [-0.2, -0.15) is 0 Å². The van der Waals surface area contributed by atoms with E-state index in [4.69, 9.17) is 28.9 Å². The Bertz CT molecular complexity index is 508. The molecule has 1 aromatic rings. The molecule has 0 amide bonds. The van der Waals surface area contributed by atoms with Gasteiger partial charge in [0, 0.05) is 37.8 Å². The van der Waals surface area contributed by atoms with E-state index in [-0.39, 0.29) is 6.04 Å². The highest BCUT2D eigenvalue weighted by Gasteiger charge is 2.37. The molecule has 2 aliphatic rings. The summed E-state index contributed by atoms with van der Waals surface area (Å²) in [5.41, 5.74) is 7.26. The molecule has 116 valence electrons. The van der Waals surface area contributed by atoms with Gasteiger partial charge in [0.05, 0.1) is 10.0 Å². The summed E-state index contributed by atoms with van der Waals surface area (Å²) < 4.78 is 0. The van der Waals surface area contributed by atoms with E-state index in [2.05, 4.69) is 22.8 Å². The van der Waals surface area contributed by atoms with Gasteiger partial charge in [0.2, 0.25) is 0 Å². The maximum absolute atomic E-state index is 6.18. The van der Waals surface area contributed by atoms with Crippen LogP contribution in [0.3, 0.4) is 0 Å². The fourth-order valence-electron chi connectivity index (χ4n) is 3.83. The molecule has 0 saturated carbocycles. The molecule has 3 unspecified atom stereocenters. The number of halogens is 2. The second-order valence-electron chi connectivity index (χ2n) is 6.26. The summed E-state index contributed by atoms with van der Waals surface area (Å²) in [6, 6.07) is 7.32. The molecule has 0 radical (unpaired) electrons. The van der Waals surface area contributed by atoms with Crippen LogP contribution in [-0.2, 0) is 0 Å². The smallest absolute Gasteiger partial charge is 0.0595 e. The van der Waals surface area contributed by atoms with Gasteiger partial charge in [0.15, 0.2) is 0 Å². The van der Waals surface area contributed by atoms with Crippen LogP contribution in [0.25, 0.3) is 0 Å². The first-order valence-electron chi connectivity index (χ1n) is 7.75. The lowest BCUT2D eigenvalue weighted by Gasteiger charge is -2.46. The Morgan fingerprint density at radius 1 is 1.29 bits per heavy atom. The SMILES string of the molecule is CC1CN2CCCC2CN1C(CN)c1ccc(Cl)c(Cl)c1. The van der Waals surface area contributed by atoms with Crippen LogP contribution in [0.4, 0.5) is 0 Å². The number of fused-ring (bicyclic) bond motifs is 1. The van der Waals surface area contributed by atoms with E-state index >= 15 is 0 Å². The van der Waals surface area contributed by atoms with Crippen LogP contribution in [0.2, 0.25) is 10.0 Å². The number of nitrogens with two attached hydrogens (primary N) is 1. The molecule has 0 aromatic heterocycles. The lowest BCUT2D eigenvalue weighted by molar-refractivity contribution is 0.0296. The second-order valence-corrected chi connectivity index (χ2v) is 7.08. The average molecular weight is 328 g/mol. The molecular formula is C16H23Cl2N3. The van der Waals surface area contributed by atoms with Crippen molar-refractivity contribution < 1.29 is 0 Å². The molecule has 2 N–H and O–H groups in total. The second kappa shape index (κ2) is 6.43. The molecule has 2 aliphatic heterocycles. The minimum atomic E-state index is 0.220. The minimum Gasteiger partial charge on any atom is -0.329 e. The largest absolute Gasteiger partial charge is 0.329 e. The summed E-state index contributed by atoms with van der Waals surface area (Å²) in [5.74, 6) is 0. The molecule has 5 heteroatoms. The van der Waals surface area contributed by atoms with E-state index in [0.29, 0.717) is 28.7 Å². The van der Waals surface area contributed by atoms with Crippen LogP contribution >= 0.6 is 23.2 Å². The molecule has 0 bridgehead atoms. The predicted octanol–water partition coefficient (Wildman–Crippen LogP) is 3.16. The normalized spacial score (nSPS) is 28.6. The third kappa shape index (κ3) is 3.08. The monoisotopic (exact) mass is 327 g/mol. The van der Waals surface area contributed by atoms with Crippen LogP contribution in [-0.4, -0.2) is 48.1 Å². The first-order chi connectivity index (χ1) is 10.1. The van der Waals surface area contributed by atoms with Crippen molar-refractivity contribution in [2.75, 3.05) is 26.2 Å². The maximum atomic E-state index is 6.18. The quantitative estimate of drug-likeness (QED) is 0.925. The van der Waals surface area contributed by atoms with Crippen molar-refractivity contribution in [3.8, 4) is 0 Å². The Hall–Kier alpha value is -0.320.